The van der Waals surface area contributed by atoms with E-state index in [1.54, 1.807) is 0 Å². The standard InChI is InChI=1S/C10H24N2OS2/c1-5-9(11-7(3)14)13-10(6-2)12-8(4)15/h7-12,14-15H,5-6H2,1-4H3. The number of nitrogens with one attached hydrogen (secondary N) is 2. The van der Waals surface area contributed by atoms with E-state index < -0.39 is 0 Å². The van der Waals surface area contributed by atoms with Crippen molar-refractivity contribution in [2.75, 3.05) is 0 Å². The molecule has 0 bridgehead atoms. The Morgan fingerprint density at radius 3 is 1.47 bits per heavy atom. The first-order valence-electron chi connectivity index (χ1n) is 5.53. The summed E-state index contributed by atoms with van der Waals surface area (Å²) in [6.45, 7) is 8.16. The van der Waals surface area contributed by atoms with E-state index in [1.165, 1.54) is 0 Å². The van der Waals surface area contributed by atoms with Gasteiger partial charge in [0.25, 0.3) is 0 Å². The minimum Gasteiger partial charge on any atom is -0.345 e. The predicted octanol–water partition coefficient (Wildman–Crippen LogP) is 2.21. The second-order valence-electron chi connectivity index (χ2n) is 3.62. The Kier molecular flexibility index (Phi) is 9.04. The Labute approximate surface area is 105 Å². The maximum Gasteiger partial charge on any atom is 0.110 e. The molecule has 0 aliphatic carbocycles. The van der Waals surface area contributed by atoms with Gasteiger partial charge >= 0.3 is 0 Å². The minimum atomic E-state index is 0.0435. The highest BCUT2D eigenvalue weighted by Gasteiger charge is 2.15. The average Bonchev–Trinajstić information content (AvgIpc) is 2.14. The summed E-state index contributed by atoms with van der Waals surface area (Å²) >= 11 is 8.57. The number of ether oxygens (including phenoxy) is 1. The van der Waals surface area contributed by atoms with Crippen LogP contribution in [0.2, 0.25) is 0 Å². The number of thiol groups is 2. The molecule has 5 heteroatoms. The molecule has 0 rings (SSSR count). The van der Waals surface area contributed by atoms with Gasteiger partial charge in [-0.1, -0.05) is 13.8 Å². The van der Waals surface area contributed by atoms with Crippen molar-refractivity contribution >= 4 is 25.3 Å². The lowest BCUT2D eigenvalue weighted by molar-refractivity contribution is -0.0506. The van der Waals surface area contributed by atoms with Crippen molar-refractivity contribution in [3.05, 3.63) is 0 Å². The molecule has 0 fully saturated rings. The summed E-state index contributed by atoms with van der Waals surface area (Å²) < 4.78 is 5.85. The van der Waals surface area contributed by atoms with Crippen LogP contribution in [0.4, 0.5) is 0 Å². The molecular weight excluding hydrogens is 228 g/mol. The molecule has 0 aromatic rings. The summed E-state index contributed by atoms with van der Waals surface area (Å²) in [6.07, 6.45) is 1.93. The monoisotopic (exact) mass is 252 g/mol. The van der Waals surface area contributed by atoms with Crippen LogP contribution in [0.15, 0.2) is 0 Å². The van der Waals surface area contributed by atoms with E-state index in [9.17, 15) is 0 Å². The molecule has 15 heavy (non-hydrogen) atoms. The molecule has 0 aliphatic heterocycles. The van der Waals surface area contributed by atoms with E-state index in [-0.39, 0.29) is 23.2 Å². The van der Waals surface area contributed by atoms with E-state index in [0.717, 1.165) is 12.8 Å². The molecule has 92 valence electrons. The molecule has 0 aromatic heterocycles. The van der Waals surface area contributed by atoms with E-state index in [0.29, 0.717) is 0 Å². The topological polar surface area (TPSA) is 33.3 Å². The Morgan fingerprint density at radius 2 is 1.27 bits per heavy atom. The summed E-state index contributed by atoms with van der Waals surface area (Å²) in [5.41, 5.74) is 0. The van der Waals surface area contributed by atoms with Crippen LogP contribution < -0.4 is 10.6 Å². The molecule has 0 radical (unpaired) electrons. The number of hydrogen-bond donors (Lipinski definition) is 4. The molecule has 3 nitrogen and oxygen atoms in total. The Bertz CT molecular complexity index is 140. The van der Waals surface area contributed by atoms with Gasteiger partial charge in [-0.2, -0.15) is 25.3 Å². The van der Waals surface area contributed by atoms with E-state index in [4.69, 9.17) is 4.74 Å². The van der Waals surface area contributed by atoms with Gasteiger partial charge in [-0.15, -0.1) is 0 Å². The van der Waals surface area contributed by atoms with Crippen LogP contribution >= 0.6 is 25.3 Å². The zero-order valence-electron chi connectivity index (χ0n) is 10.0. The SMILES string of the molecule is CCC(NC(C)S)OC(CC)NC(C)S. The number of rotatable bonds is 8. The lowest BCUT2D eigenvalue weighted by atomic mass is 10.3. The quantitative estimate of drug-likeness (QED) is 0.395. The van der Waals surface area contributed by atoms with Crippen LogP contribution in [0.5, 0.6) is 0 Å². The minimum absolute atomic E-state index is 0.0435. The van der Waals surface area contributed by atoms with Crippen LogP contribution in [0.1, 0.15) is 40.5 Å². The average molecular weight is 252 g/mol. The van der Waals surface area contributed by atoms with Crippen molar-refractivity contribution in [1.29, 1.82) is 0 Å². The predicted molar refractivity (Wildman–Crippen MR) is 72.4 cm³/mol. The summed E-state index contributed by atoms with van der Waals surface area (Å²) in [6, 6.07) is 0. The van der Waals surface area contributed by atoms with Crippen molar-refractivity contribution in [3.8, 4) is 0 Å². The third-order valence-electron chi connectivity index (χ3n) is 1.92. The maximum atomic E-state index is 5.85. The molecule has 0 aromatic carbocycles. The van der Waals surface area contributed by atoms with Crippen LogP contribution in [0, 0.1) is 0 Å². The van der Waals surface area contributed by atoms with Gasteiger partial charge in [-0.25, -0.2) is 0 Å². The first kappa shape index (κ1) is 15.6. The lowest BCUT2D eigenvalue weighted by Gasteiger charge is -2.27. The highest BCUT2D eigenvalue weighted by molar-refractivity contribution is 7.81. The van der Waals surface area contributed by atoms with E-state index >= 15 is 0 Å². The fraction of sp³-hybridized carbons (Fsp3) is 1.00. The Balaban J connectivity index is 3.99. The molecule has 4 unspecified atom stereocenters. The van der Waals surface area contributed by atoms with Crippen LogP contribution in [0.3, 0.4) is 0 Å². The Hall–Kier alpha value is 0.580. The van der Waals surface area contributed by atoms with Crippen molar-refractivity contribution in [3.63, 3.8) is 0 Å². The zero-order valence-corrected chi connectivity index (χ0v) is 11.8. The highest BCUT2D eigenvalue weighted by atomic mass is 32.1. The second-order valence-corrected chi connectivity index (χ2v) is 5.16. The molecule has 0 saturated heterocycles. The van der Waals surface area contributed by atoms with Crippen molar-refractivity contribution < 1.29 is 4.74 Å². The molecular formula is C10H24N2OS2. The summed E-state index contributed by atoms with van der Waals surface area (Å²) in [7, 11) is 0. The Morgan fingerprint density at radius 1 is 0.933 bits per heavy atom. The summed E-state index contributed by atoms with van der Waals surface area (Å²) in [4.78, 5) is 0. The third kappa shape index (κ3) is 8.39. The van der Waals surface area contributed by atoms with Gasteiger partial charge in [0.1, 0.15) is 12.5 Å². The largest absolute Gasteiger partial charge is 0.345 e. The molecule has 0 saturated carbocycles. The number of hydrogen-bond acceptors (Lipinski definition) is 5. The van der Waals surface area contributed by atoms with Crippen LogP contribution in [0.25, 0.3) is 0 Å². The maximum absolute atomic E-state index is 5.85. The molecule has 2 N–H and O–H groups in total. The summed E-state index contributed by atoms with van der Waals surface area (Å²) in [5, 5.41) is 6.77. The molecule has 0 spiro atoms. The smallest absolute Gasteiger partial charge is 0.110 e. The van der Waals surface area contributed by atoms with Gasteiger partial charge in [0.2, 0.25) is 0 Å². The zero-order chi connectivity index (χ0) is 11.8. The molecule has 0 aliphatic rings. The summed E-state index contributed by atoms with van der Waals surface area (Å²) in [5.74, 6) is 0. The van der Waals surface area contributed by atoms with Gasteiger partial charge in [0, 0.05) is 10.7 Å². The first-order valence-corrected chi connectivity index (χ1v) is 6.56. The lowest BCUT2D eigenvalue weighted by Crippen LogP contribution is -2.44. The highest BCUT2D eigenvalue weighted by Crippen LogP contribution is 2.05. The molecule has 0 amide bonds. The fourth-order valence-corrected chi connectivity index (χ4v) is 1.58. The third-order valence-corrected chi connectivity index (χ3v) is 2.22. The van der Waals surface area contributed by atoms with Gasteiger partial charge in [0.15, 0.2) is 0 Å². The van der Waals surface area contributed by atoms with Gasteiger partial charge < -0.3 is 4.74 Å². The van der Waals surface area contributed by atoms with E-state index in [1.807, 2.05) is 13.8 Å². The first-order chi connectivity index (χ1) is 6.99. The second kappa shape index (κ2) is 8.70. The van der Waals surface area contributed by atoms with Gasteiger partial charge in [-0.3, -0.25) is 10.6 Å². The van der Waals surface area contributed by atoms with Crippen molar-refractivity contribution in [2.45, 2.75) is 63.7 Å². The van der Waals surface area contributed by atoms with Crippen LogP contribution in [-0.2, 0) is 4.74 Å². The van der Waals surface area contributed by atoms with Gasteiger partial charge in [0.05, 0.1) is 0 Å². The van der Waals surface area contributed by atoms with Crippen molar-refractivity contribution in [2.24, 2.45) is 0 Å². The normalized spacial score (nSPS) is 19.6. The van der Waals surface area contributed by atoms with E-state index in [2.05, 4.69) is 49.7 Å². The molecule has 0 heterocycles. The fourth-order valence-electron chi connectivity index (χ4n) is 1.24. The molecule has 4 atom stereocenters. The van der Waals surface area contributed by atoms with Crippen molar-refractivity contribution in [1.82, 2.24) is 10.6 Å². The van der Waals surface area contributed by atoms with Gasteiger partial charge in [-0.05, 0) is 26.7 Å². The van der Waals surface area contributed by atoms with Crippen LogP contribution in [-0.4, -0.2) is 23.2 Å².